The second-order valence-corrected chi connectivity index (χ2v) is 7.41. The van der Waals surface area contributed by atoms with E-state index < -0.39 is 10.0 Å². The van der Waals surface area contributed by atoms with E-state index in [2.05, 4.69) is 20.9 Å². The predicted molar refractivity (Wildman–Crippen MR) is 72.5 cm³/mol. The van der Waals surface area contributed by atoms with Gasteiger partial charge in [0.25, 0.3) is 0 Å². The van der Waals surface area contributed by atoms with Crippen LogP contribution in [0, 0.1) is 5.92 Å². The second kappa shape index (κ2) is 5.24. The minimum atomic E-state index is -3.47. The van der Waals surface area contributed by atoms with E-state index in [9.17, 15) is 8.42 Å². The Morgan fingerprint density at radius 1 is 1.56 bits per heavy atom. The third-order valence-electron chi connectivity index (χ3n) is 3.22. The fraction of sp³-hybridized carbons (Fsp3) is 0.545. The Kier molecular flexibility index (Phi) is 4.05. The summed E-state index contributed by atoms with van der Waals surface area (Å²) in [6, 6.07) is 1.56. The average molecular weight is 334 g/mol. The molecule has 5 nitrogen and oxygen atoms in total. The summed E-state index contributed by atoms with van der Waals surface area (Å²) in [5.74, 6) is 0.245. The van der Waals surface area contributed by atoms with Crippen molar-refractivity contribution in [3.05, 3.63) is 22.9 Å². The molecule has 0 bridgehead atoms. The van der Waals surface area contributed by atoms with E-state index in [4.69, 9.17) is 5.73 Å². The van der Waals surface area contributed by atoms with Gasteiger partial charge in [-0.25, -0.2) is 8.42 Å². The molecular formula is C11H16BrN3O2S. The first-order chi connectivity index (χ1) is 8.45. The van der Waals surface area contributed by atoms with Gasteiger partial charge >= 0.3 is 0 Å². The number of sulfonamides is 1. The number of nitrogens with two attached hydrogens (primary N) is 1. The van der Waals surface area contributed by atoms with Crippen LogP contribution in [0.3, 0.4) is 0 Å². The highest BCUT2D eigenvalue weighted by atomic mass is 79.9. The molecule has 1 aromatic rings. The van der Waals surface area contributed by atoms with Gasteiger partial charge in [-0.05, 0) is 47.8 Å². The monoisotopic (exact) mass is 333 g/mol. The topological polar surface area (TPSA) is 76.3 Å². The molecule has 2 heterocycles. The lowest BCUT2D eigenvalue weighted by atomic mass is 10.1. The van der Waals surface area contributed by atoms with E-state index in [1.807, 2.05) is 6.92 Å². The quantitative estimate of drug-likeness (QED) is 0.901. The third-order valence-corrected chi connectivity index (χ3v) is 5.60. The smallest absolute Gasteiger partial charge is 0.244 e. The molecule has 0 aliphatic carbocycles. The van der Waals surface area contributed by atoms with Crippen molar-refractivity contribution >= 4 is 26.0 Å². The average Bonchev–Trinajstić information content (AvgIpc) is 2.71. The fourth-order valence-corrected chi connectivity index (χ4v) is 4.51. The summed E-state index contributed by atoms with van der Waals surface area (Å²) in [5.41, 5.74) is 5.62. The van der Waals surface area contributed by atoms with Crippen LogP contribution < -0.4 is 5.73 Å². The van der Waals surface area contributed by atoms with Gasteiger partial charge in [0.1, 0.15) is 4.90 Å². The van der Waals surface area contributed by atoms with Gasteiger partial charge in [0.2, 0.25) is 10.0 Å². The van der Waals surface area contributed by atoms with E-state index in [1.54, 1.807) is 12.3 Å². The van der Waals surface area contributed by atoms with E-state index in [0.29, 0.717) is 17.6 Å². The first-order valence-corrected chi connectivity index (χ1v) is 8.01. The number of halogens is 1. The minimum absolute atomic E-state index is 0.0115. The molecule has 100 valence electrons. The Morgan fingerprint density at radius 2 is 2.28 bits per heavy atom. The minimum Gasteiger partial charge on any atom is -0.330 e. The Morgan fingerprint density at radius 3 is 2.83 bits per heavy atom. The van der Waals surface area contributed by atoms with Gasteiger partial charge in [0.05, 0.1) is 0 Å². The molecule has 0 spiro atoms. The van der Waals surface area contributed by atoms with Crippen molar-refractivity contribution in [2.24, 2.45) is 11.7 Å². The summed E-state index contributed by atoms with van der Waals surface area (Å²) >= 11 is 3.24. The maximum atomic E-state index is 12.5. The van der Waals surface area contributed by atoms with E-state index in [1.165, 1.54) is 10.5 Å². The Balaban J connectivity index is 2.32. The summed E-state index contributed by atoms with van der Waals surface area (Å²) in [6.07, 6.45) is 3.76. The van der Waals surface area contributed by atoms with Crippen LogP contribution in [0.15, 0.2) is 27.8 Å². The molecule has 0 amide bonds. The largest absolute Gasteiger partial charge is 0.330 e. The zero-order valence-corrected chi connectivity index (χ0v) is 12.5. The van der Waals surface area contributed by atoms with Gasteiger partial charge in [-0.1, -0.05) is 0 Å². The maximum Gasteiger partial charge on any atom is 0.244 e. The predicted octanol–water partition coefficient (Wildman–Crippen LogP) is 1.20. The molecular weight excluding hydrogens is 318 g/mol. The van der Waals surface area contributed by atoms with Crippen LogP contribution in [-0.4, -0.2) is 36.8 Å². The second-order valence-electron chi connectivity index (χ2n) is 4.60. The van der Waals surface area contributed by atoms with E-state index in [0.717, 1.165) is 6.42 Å². The molecule has 2 unspecified atom stereocenters. The normalized spacial score (nSPS) is 25.5. The number of aromatic nitrogens is 1. The van der Waals surface area contributed by atoms with Crippen molar-refractivity contribution < 1.29 is 8.42 Å². The number of pyridine rings is 1. The van der Waals surface area contributed by atoms with Gasteiger partial charge in [-0.3, -0.25) is 4.98 Å². The summed E-state index contributed by atoms with van der Waals surface area (Å²) in [6.45, 7) is 2.93. The molecule has 1 saturated heterocycles. The van der Waals surface area contributed by atoms with Crippen LogP contribution in [0.25, 0.3) is 0 Å². The van der Waals surface area contributed by atoms with Crippen LogP contribution in [0.5, 0.6) is 0 Å². The van der Waals surface area contributed by atoms with Crippen molar-refractivity contribution in [2.75, 3.05) is 13.1 Å². The van der Waals surface area contributed by atoms with Crippen molar-refractivity contribution in [1.82, 2.24) is 9.29 Å². The zero-order valence-electron chi connectivity index (χ0n) is 10.1. The van der Waals surface area contributed by atoms with E-state index in [-0.39, 0.29) is 16.9 Å². The lowest BCUT2D eigenvalue weighted by Crippen LogP contribution is -2.34. The van der Waals surface area contributed by atoms with Gasteiger partial charge in [-0.15, -0.1) is 0 Å². The first kappa shape index (κ1) is 13.9. The Labute approximate surface area is 116 Å². The van der Waals surface area contributed by atoms with Gasteiger partial charge in [-0.2, -0.15) is 4.31 Å². The summed E-state index contributed by atoms with van der Waals surface area (Å²) in [7, 11) is -3.47. The Bertz CT molecular complexity index is 535. The van der Waals surface area contributed by atoms with Gasteiger partial charge < -0.3 is 5.73 Å². The first-order valence-electron chi connectivity index (χ1n) is 5.77. The molecule has 1 aliphatic rings. The molecule has 1 aliphatic heterocycles. The lowest BCUT2D eigenvalue weighted by molar-refractivity contribution is 0.404. The van der Waals surface area contributed by atoms with Crippen LogP contribution >= 0.6 is 15.9 Å². The molecule has 2 atom stereocenters. The third kappa shape index (κ3) is 2.59. The highest BCUT2D eigenvalue weighted by Gasteiger charge is 2.37. The molecule has 2 N–H and O–H groups in total. The molecule has 0 saturated carbocycles. The SMILES string of the molecule is CC1CC(CN)CN1S(=O)(=O)c1cncc(Br)c1. The van der Waals surface area contributed by atoms with Gasteiger partial charge in [0, 0.05) is 29.5 Å². The number of hydrogen-bond acceptors (Lipinski definition) is 4. The molecule has 1 aromatic heterocycles. The molecule has 0 radical (unpaired) electrons. The number of nitrogens with zero attached hydrogens (tertiary/aromatic N) is 2. The summed E-state index contributed by atoms with van der Waals surface area (Å²) in [4.78, 5) is 4.13. The van der Waals surface area contributed by atoms with Crippen LogP contribution in [0.2, 0.25) is 0 Å². The summed E-state index contributed by atoms with van der Waals surface area (Å²) < 4.78 is 27.1. The van der Waals surface area contributed by atoms with Crippen molar-refractivity contribution in [3.8, 4) is 0 Å². The van der Waals surface area contributed by atoms with Crippen molar-refractivity contribution in [3.63, 3.8) is 0 Å². The molecule has 7 heteroatoms. The molecule has 2 rings (SSSR count). The fourth-order valence-electron chi connectivity index (χ4n) is 2.28. The highest BCUT2D eigenvalue weighted by Crippen LogP contribution is 2.29. The standard InChI is InChI=1S/C11H16BrN3O2S/c1-8-2-9(4-13)7-15(8)18(16,17)11-3-10(12)5-14-6-11/h3,5-6,8-9H,2,4,7,13H2,1H3. The van der Waals surface area contributed by atoms with Crippen molar-refractivity contribution in [1.29, 1.82) is 0 Å². The van der Waals surface area contributed by atoms with Crippen LogP contribution in [0.1, 0.15) is 13.3 Å². The Hall–Kier alpha value is -0.500. The van der Waals surface area contributed by atoms with E-state index >= 15 is 0 Å². The van der Waals surface area contributed by atoms with Crippen molar-refractivity contribution in [2.45, 2.75) is 24.3 Å². The zero-order chi connectivity index (χ0) is 13.3. The molecule has 18 heavy (non-hydrogen) atoms. The maximum absolute atomic E-state index is 12.5. The summed E-state index contributed by atoms with van der Waals surface area (Å²) in [5, 5.41) is 0. The number of rotatable bonds is 3. The van der Waals surface area contributed by atoms with Crippen LogP contribution in [0.4, 0.5) is 0 Å². The van der Waals surface area contributed by atoms with Gasteiger partial charge in [0.15, 0.2) is 0 Å². The lowest BCUT2D eigenvalue weighted by Gasteiger charge is -2.20. The highest BCUT2D eigenvalue weighted by molar-refractivity contribution is 9.10. The molecule has 1 fully saturated rings. The van der Waals surface area contributed by atoms with Crippen LogP contribution in [-0.2, 0) is 10.0 Å². The molecule has 0 aromatic carbocycles. The number of hydrogen-bond donors (Lipinski definition) is 1.